The van der Waals surface area contributed by atoms with Gasteiger partial charge in [-0.1, -0.05) is 6.92 Å². The Kier molecular flexibility index (Phi) is 5.97. The van der Waals surface area contributed by atoms with E-state index in [1.165, 1.54) is 6.42 Å². The molecule has 0 aromatic carbocycles. The van der Waals surface area contributed by atoms with Crippen molar-refractivity contribution >= 4 is 11.9 Å². The molecule has 0 atom stereocenters. The topological polar surface area (TPSA) is 60.9 Å². The number of aliphatic carboxylic acids is 1. The Morgan fingerprint density at radius 3 is 2.41 bits per heavy atom. The van der Waals surface area contributed by atoms with Gasteiger partial charge in [0, 0.05) is 19.6 Å². The molecule has 0 bridgehead atoms. The van der Waals surface area contributed by atoms with Crippen molar-refractivity contribution in [2.75, 3.05) is 32.7 Å². The van der Waals surface area contributed by atoms with Gasteiger partial charge in [0.2, 0.25) is 5.91 Å². The Hall–Kier alpha value is -1.10. The molecule has 0 aromatic heterocycles. The third kappa shape index (κ3) is 5.17. The molecule has 1 fully saturated rings. The maximum absolute atomic E-state index is 11.9. The minimum absolute atomic E-state index is 0.0983. The molecular formula is C12H22N2O3. The minimum atomic E-state index is -0.811. The molecule has 0 saturated carbocycles. The highest BCUT2D eigenvalue weighted by atomic mass is 16.4. The van der Waals surface area contributed by atoms with Crippen molar-refractivity contribution < 1.29 is 14.7 Å². The molecule has 98 valence electrons. The monoisotopic (exact) mass is 242 g/mol. The van der Waals surface area contributed by atoms with Crippen molar-refractivity contribution in [2.45, 2.75) is 32.6 Å². The smallest absolute Gasteiger partial charge is 0.304 e. The van der Waals surface area contributed by atoms with Gasteiger partial charge in [-0.2, -0.15) is 0 Å². The first-order valence-corrected chi connectivity index (χ1v) is 6.35. The second kappa shape index (κ2) is 7.27. The molecule has 1 saturated heterocycles. The number of amides is 1. The van der Waals surface area contributed by atoms with Crippen molar-refractivity contribution in [2.24, 2.45) is 0 Å². The molecule has 0 aromatic rings. The van der Waals surface area contributed by atoms with Gasteiger partial charge in [-0.3, -0.25) is 14.5 Å². The Morgan fingerprint density at radius 2 is 1.88 bits per heavy atom. The van der Waals surface area contributed by atoms with Gasteiger partial charge < -0.3 is 10.0 Å². The predicted octanol–water partition coefficient (Wildman–Crippen LogP) is 0.795. The van der Waals surface area contributed by atoms with Crippen LogP contribution in [-0.4, -0.2) is 59.5 Å². The van der Waals surface area contributed by atoms with Crippen LogP contribution in [0.2, 0.25) is 0 Å². The Bertz CT molecular complexity index is 262. The second-order valence-electron chi connectivity index (χ2n) is 4.45. The predicted molar refractivity (Wildman–Crippen MR) is 64.8 cm³/mol. The average Bonchev–Trinajstić information content (AvgIpc) is 2.35. The zero-order valence-corrected chi connectivity index (χ0v) is 10.5. The molecular weight excluding hydrogens is 220 g/mol. The Labute approximate surface area is 102 Å². The Balaban J connectivity index is 2.33. The van der Waals surface area contributed by atoms with Crippen LogP contribution < -0.4 is 0 Å². The van der Waals surface area contributed by atoms with Crippen LogP contribution in [-0.2, 0) is 9.59 Å². The second-order valence-corrected chi connectivity index (χ2v) is 4.45. The normalized spacial score (nSPS) is 16.2. The summed E-state index contributed by atoms with van der Waals surface area (Å²) in [7, 11) is 0. The molecule has 1 aliphatic heterocycles. The molecule has 0 aliphatic carbocycles. The fourth-order valence-electron chi connectivity index (χ4n) is 2.04. The van der Waals surface area contributed by atoms with E-state index in [1.807, 2.05) is 16.7 Å². The number of carboxylic acids is 1. The summed E-state index contributed by atoms with van der Waals surface area (Å²) >= 11 is 0. The van der Waals surface area contributed by atoms with Crippen LogP contribution in [0.3, 0.4) is 0 Å². The summed E-state index contributed by atoms with van der Waals surface area (Å²) in [4.78, 5) is 26.2. The maximum atomic E-state index is 11.9. The summed E-state index contributed by atoms with van der Waals surface area (Å²) < 4.78 is 0. The lowest BCUT2D eigenvalue weighted by molar-refractivity contribution is -0.138. The van der Waals surface area contributed by atoms with Crippen LogP contribution in [0.15, 0.2) is 0 Å². The minimum Gasteiger partial charge on any atom is -0.481 e. The summed E-state index contributed by atoms with van der Waals surface area (Å²) in [6.45, 7) is 5.18. The van der Waals surface area contributed by atoms with E-state index in [1.54, 1.807) is 0 Å². The van der Waals surface area contributed by atoms with Crippen molar-refractivity contribution in [3.05, 3.63) is 0 Å². The molecule has 1 rings (SSSR count). The van der Waals surface area contributed by atoms with E-state index in [-0.39, 0.29) is 12.3 Å². The number of carboxylic acid groups (broad SMARTS) is 1. The van der Waals surface area contributed by atoms with Gasteiger partial charge in [-0.05, 0) is 25.8 Å². The molecule has 5 nitrogen and oxygen atoms in total. The third-order valence-corrected chi connectivity index (χ3v) is 3.16. The first-order chi connectivity index (χ1) is 8.13. The SMILES string of the molecule is CCN(CCC(=O)O)CC(=O)N1CCCCC1. The van der Waals surface area contributed by atoms with Crippen LogP contribution in [0.1, 0.15) is 32.6 Å². The fourth-order valence-corrected chi connectivity index (χ4v) is 2.04. The molecule has 1 heterocycles. The van der Waals surface area contributed by atoms with Crippen LogP contribution in [0.25, 0.3) is 0 Å². The van der Waals surface area contributed by atoms with E-state index in [2.05, 4.69) is 0 Å². The number of nitrogens with zero attached hydrogens (tertiary/aromatic N) is 2. The van der Waals surface area contributed by atoms with Gasteiger partial charge in [-0.25, -0.2) is 0 Å². The van der Waals surface area contributed by atoms with Crippen molar-refractivity contribution in [3.63, 3.8) is 0 Å². The Morgan fingerprint density at radius 1 is 1.24 bits per heavy atom. The summed E-state index contributed by atoms with van der Waals surface area (Å²) in [5.74, 6) is -0.675. The molecule has 1 N–H and O–H groups in total. The molecule has 17 heavy (non-hydrogen) atoms. The summed E-state index contributed by atoms with van der Waals surface area (Å²) in [5.41, 5.74) is 0. The number of carbonyl (C=O) groups excluding carboxylic acids is 1. The van der Waals surface area contributed by atoms with Crippen LogP contribution in [0.5, 0.6) is 0 Å². The maximum Gasteiger partial charge on any atom is 0.304 e. The zero-order chi connectivity index (χ0) is 12.7. The highest BCUT2D eigenvalue weighted by Crippen LogP contribution is 2.09. The van der Waals surface area contributed by atoms with Crippen LogP contribution in [0.4, 0.5) is 0 Å². The summed E-state index contributed by atoms with van der Waals surface area (Å²) in [6, 6.07) is 0. The van der Waals surface area contributed by atoms with E-state index in [0.717, 1.165) is 25.9 Å². The average molecular weight is 242 g/mol. The van der Waals surface area contributed by atoms with Crippen molar-refractivity contribution in [1.29, 1.82) is 0 Å². The lowest BCUT2D eigenvalue weighted by atomic mass is 10.1. The number of piperidine rings is 1. The van der Waals surface area contributed by atoms with Gasteiger partial charge in [-0.15, -0.1) is 0 Å². The third-order valence-electron chi connectivity index (χ3n) is 3.16. The number of hydrogen-bond donors (Lipinski definition) is 1. The number of carbonyl (C=O) groups is 2. The van der Waals surface area contributed by atoms with Crippen molar-refractivity contribution in [3.8, 4) is 0 Å². The number of likely N-dealkylation sites (tertiary alicyclic amines) is 1. The van der Waals surface area contributed by atoms with Gasteiger partial charge in [0.15, 0.2) is 0 Å². The van der Waals surface area contributed by atoms with Crippen molar-refractivity contribution in [1.82, 2.24) is 9.80 Å². The van der Waals surface area contributed by atoms with E-state index < -0.39 is 5.97 Å². The van der Waals surface area contributed by atoms with Crippen LogP contribution >= 0.6 is 0 Å². The zero-order valence-electron chi connectivity index (χ0n) is 10.5. The lowest BCUT2D eigenvalue weighted by Gasteiger charge is -2.29. The highest BCUT2D eigenvalue weighted by molar-refractivity contribution is 5.78. The summed E-state index contributed by atoms with van der Waals surface area (Å²) in [6.07, 6.45) is 3.49. The van der Waals surface area contributed by atoms with Gasteiger partial charge in [0.25, 0.3) is 0 Å². The highest BCUT2D eigenvalue weighted by Gasteiger charge is 2.18. The molecule has 0 radical (unpaired) electrons. The van der Waals surface area contributed by atoms with Gasteiger partial charge in [0.05, 0.1) is 13.0 Å². The van der Waals surface area contributed by atoms with E-state index in [9.17, 15) is 9.59 Å². The molecule has 5 heteroatoms. The van der Waals surface area contributed by atoms with Crippen LogP contribution in [0, 0.1) is 0 Å². The lowest BCUT2D eigenvalue weighted by Crippen LogP contribution is -2.43. The van der Waals surface area contributed by atoms with E-state index in [0.29, 0.717) is 19.6 Å². The number of hydrogen-bond acceptors (Lipinski definition) is 3. The number of rotatable bonds is 6. The molecule has 1 aliphatic rings. The van der Waals surface area contributed by atoms with E-state index in [4.69, 9.17) is 5.11 Å². The van der Waals surface area contributed by atoms with E-state index >= 15 is 0 Å². The first kappa shape index (κ1) is 14.0. The molecule has 1 amide bonds. The molecule has 0 spiro atoms. The fraction of sp³-hybridized carbons (Fsp3) is 0.833. The quantitative estimate of drug-likeness (QED) is 0.748. The van der Waals surface area contributed by atoms with Gasteiger partial charge in [0.1, 0.15) is 0 Å². The van der Waals surface area contributed by atoms with Gasteiger partial charge >= 0.3 is 5.97 Å². The number of likely N-dealkylation sites (N-methyl/N-ethyl adjacent to an activating group) is 1. The largest absolute Gasteiger partial charge is 0.481 e. The summed E-state index contributed by atoms with van der Waals surface area (Å²) in [5, 5.41) is 8.62. The first-order valence-electron chi connectivity index (χ1n) is 6.35. The molecule has 0 unspecified atom stereocenters. The standard InChI is InChI=1S/C12H22N2O3/c1-2-13(9-6-12(16)17)10-11(15)14-7-4-3-5-8-14/h2-10H2,1H3,(H,16,17).